The van der Waals surface area contributed by atoms with Crippen LogP contribution in [0.5, 0.6) is 17.2 Å². The molecule has 2 aromatic rings. The van der Waals surface area contributed by atoms with Gasteiger partial charge in [-0.1, -0.05) is 0 Å². The first-order valence-electron chi connectivity index (χ1n) is 9.40. The second-order valence-electron chi connectivity index (χ2n) is 7.34. The lowest BCUT2D eigenvalue weighted by atomic mass is 9.85. The van der Waals surface area contributed by atoms with Gasteiger partial charge in [-0.3, -0.25) is 0 Å². The Morgan fingerprint density at radius 1 is 1.00 bits per heavy atom. The van der Waals surface area contributed by atoms with E-state index in [4.69, 9.17) is 14.2 Å². The highest BCUT2D eigenvalue weighted by molar-refractivity contribution is 5.51. The third-order valence-electron chi connectivity index (χ3n) is 5.71. The van der Waals surface area contributed by atoms with Crippen molar-refractivity contribution < 1.29 is 36.2 Å². The topological polar surface area (TPSA) is 47.9 Å². The highest BCUT2D eigenvalue weighted by atomic mass is 35.5. The number of methoxy groups -OCH3 is 3. The van der Waals surface area contributed by atoms with Gasteiger partial charge in [-0.2, -0.15) is 0 Å². The van der Waals surface area contributed by atoms with E-state index in [1.54, 1.807) is 21.3 Å². The number of rotatable bonds is 7. The summed E-state index contributed by atoms with van der Waals surface area (Å²) in [4.78, 5) is 0. The SMILES string of the molecule is COc1ccc([C@H]2c3cc(OC)c(OC)cc3CC[N@@+]2(C)CCCO)cc1.[Cl-]. The molecule has 28 heavy (non-hydrogen) atoms. The van der Waals surface area contributed by atoms with Crippen LogP contribution in [0, 0.1) is 0 Å². The van der Waals surface area contributed by atoms with Gasteiger partial charge >= 0.3 is 0 Å². The van der Waals surface area contributed by atoms with Gasteiger partial charge in [-0.05, 0) is 42.0 Å². The fourth-order valence-electron chi connectivity index (χ4n) is 4.25. The molecule has 1 aliphatic heterocycles. The van der Waals surface area contributed by atoms with Crippen molar-refractivity contribution in [1.82, 2.24) is 0 Å². The highest BCUT2D eigenvalue weighted by Gasteiger charge is 2.40. The molecule has 0 aliphatic carbocycles. The van der Waals surface area contributed by atoms with Crippen LogP contribution in [0.15, 0.2) is 36.4 Å². The lowest BCUT2D eigenvalue weighted by Gasteiger charge is -2.46. The third kappa shape index (κ3) is 4.22. The number of hydrogen-bond acceptors (Lipinski definition) is 4. The molecule has 0 amide bonds. The number of nitrogens with zero attached hydrogens (tertiary/aromatic N) is 1. The van der Waals surface area contributed by atoms with E-state index in [2.05, 4.69) is 31.3 Å². The molecule has 0 unspecified atom stereocenters. The summed E-state index contributed by atoms with van der Waals surface area (Å²) in [6.07, 6.45) is 1.76. The zero-order chi connectivity index (χ0) is 19.4. The molecule has 3 rings (SSSR count). The molecule has 154 valence electrons. The summed E-state index contributed by atoms with van der Waals surface area (Å²) in [7, 11) is 7.32. The minimum absolute atomic E-state index is 0. The predicted molar refractivity (Wildman–Crippen MR) is 106 cm³/mol. The molecule has 1 N–H and O–H groups in total. The summed E-state index contributed by atoms with van der Waals surface area (Å²) in [5.74, 6) is 2.38. The smallest absolute Gasteiger partial charge is 0.161 e. The number of aliphatic hydroxyl groups excluding tert-OH is 1. The zero-order valence-electron chi connectivity index (χ0n) is 17.1. The minimum Gasteiger partial charge on any atom is -1.00 e. The fraction of sp³-hybridized carbons (Fsp3) is 0.455. The predicted octanol–water partition coefficient (Wildman–Crippen LogP) is 0.191. The Kier molecular flexibility index (Phi) is 7.58. The van der Waals surface area contributed by atoms with Gasteiger partial charge in [0.2, 0.25) is 0 Å². The Morgan fingerprint density at radius 3 is 2.21 bits per heavy atom. The van der Waals surface area contributed by atoms with Crippen LogP contribution in [0.1, 0.15) is 29.2 Å². The monoisotopic (exact) mass is 407 g/mol. The van der Waals surface area contributed by atoms with Crippen LogP contribution in [0.4, 0.5) is 0 Å². The van der Waals surface area contributed by atoms with Crippen molar-refractivity contribution in [3.05, 3.63) is 53.1 Å². The molecule has 0 saturated carbocycles. The maximum absolute atomic E-state index is 9.42. The van der Waals surface area contributed by atoms with E-state index in [0.29, 0.717) is 0 Å². The van der Waals surface area contributed by atoms with Crippen LogP contribution in [-0.2, 0) is 6.42 Å². The molecule has 1 heterocycles. The number of likely N-dealkylation sites (N-methyl/N-ethyl adjacent to an activating group) is 1. The lowest BCUT2D eigenvalue weighted by Crippen LogP contribution is -3.00. The maximum Gasteiger partial charge on any atom is 0.161 e. The Bertz CT molecular complexity index is 781. The molecule has 2 aromatic carbocycles. The fourth-order valence-corrected chi connectivity index (χ4v) is 4.25. The van der Waals surface area contributed by atoms with E-state index in [0.717, 1.165) is 47.7 Å². The summed E-state index contributed by atoms with van der Waals surface area (Å²) in [5, 5.41) is 9.42. The molecule has 0 bridgehead atoms. The molecule has 0 fully saturated rings. The van der Waals surface area contributed by atoms with Crippen molar-refractivity contribution in [3.8, 4) is 17.2 Å². The van der Waals surface area contributed by atoms with E-state index in [1.807, 2.05) is 12.1 Å². The quantitative estimate of drug-likeness (QED) is 0.666. The average Bonchev–Trinajstić information content (AvgIpc) is 2.71. The second kappa shape index (κ2) is 9.50. The highest BCUT2D eigenvalue weighted by Crippen LogP contribution is 2.44. The standard InChI is InChI=1S/C22H30NO4.ClH/c1-23(11-5-13-24)12-10-17-14-20(26-3)21(27-4)15-19(17)22(23)16-6-8-18(25-2)9-7-16;/h6-9,14-15,22,24H,5,10-13H2,1-4H3;1H/q+1;/p-1/t22-,23+;/m0./s1. The van der Waals surface area contributed by atoms with E-state index in [9.17, 15) is 5.11 Å². The van der Waals surface area contributed by atoms with Crippen molar-refractivity contribution in [3.63, 3.8) is 0 Å². The third-order valence-corrected chi connectivity index (χ3v) is 5.71. The van der Waals surface area contributed by atoms with Gasteiger partial charge in [0.15, 0.2) is 11.5 Å². The van der Waals surface area contributed by atoms with Crippen molar-refractivity contribution >= 4 is 0 Å². The molecule has 0 saturated heterocycles. The van der Waals surface area contributed by atoms with Crippen LogP contribution >= 0.6 is 0 Å². The molecule has 1 aliphatic rings. The summed E-state index contributed by atoms with van der Waals surface area (Å²) in [6.45, 7) is 2.14. The van der Waals surface area contributed by atoms with Crippen LogP contribution in [0.25, 0.3) is 0 Å². The molecule has 5 nitrogen and oxygen atoms in total. The number of quaternary nitrogens is 1. The van der Waals surface area contributed by atoms with Gasteiger partial charge in [0.05, 0.1) is 41.5 Å². The van der Waals surface area contributed by atoms with Crippen molar-refractivity contribution in [1.29, 1.82) is 0 Å². The van der Waals surface area contributed by atoms with Gasteiger partial charge in [-0.25, -0.2) is 0 Å². The van der Waals surface area contributed by atoms with Gasteiger partial charge < -0.3 is 36.2 Å². The first-order chi connectivity index (χ1) is 13.1. The van der Waals surface area contributed by atoms with E-state index >= 15 is 0 Å². The maximum atomic E-state index is 9.42. The van der Waals surface area contributed by atoms with E-state index < -0.39 is 0 Å². The molecular weight excluding hydrogens is 378 g/mol. The van der Waals surface area contributed by atoms with Gasteiger partial charge in [0, 0.05) is 30.6 Å². The Balaban J connectivity index is 0.00000280. The number of fused-ring (bicyclic) bond motifs is 1. The molecule has 6 heteroatoms. The Labute approximate surface area is 173 Å². The lowest BCUT2D eigenvalue weighted by molar-refractivity contribution is -0.935. The molecule has 2 atom stereocenters. The molecular formula is C22H30ClNO4. The first kappa shape index (κ1) is 22.3. The van der Waals surface area contributed by atoms with Crippen LogP contribution < -0.4 is 26.6 Å². The number of benzene rings is 2. The van der Waals surface area contributed by atoms with Crippen LogP contribution in [0.3, 0.4) is 0 Å². The zero-order valence-corrected chi connectivity index (χ0v) is 17.8. The van der Waals surface area contributed by atoms with Gasteiger partial charge in [-0.15, -0.1) is 0 Å². The molecule has 0 radical (unpaired) electrons. The first-order valence-corrected chi connectivity index (χ1v) is 9.40. The second-order valence-corrected chi connectivity index (χ2v) is 7.34. The summed E-state index contributed by atoms with van der Waals surface area (Å²) in [5.41, 5.74) is 3.81. The number of hydrogen-bond donors (Lipinski definition) is 1. The van der Waals surface area contributed by atoms with Crippen LogP contribution in [-0.4, -0.2) is 57.7 Å². The average molecular weight is 408 g/mol. The number of halogens is 1. The van der Waals surface area contributed by atoms with Crippen molar-refractivity contribution in [2.45, 2.75) is 18.9 Å². The van der Waals surface area contributed by atoms with Crippen LogP contribution in [0.2, 0.25) is 0 Å². The molecule has 0 aromatic heterocycles. The van der Waals surface area contributed by atoms with E-state index in [1.165, 1.54) is 16.7 Å². The van der Waals surface area contributed by atoms with Crippen molar-refractivity contribution in [2.24, 2.45) is 0 Å². The number of aliphatic hydroxyl groups is 1. The Morgan fingerprint density at radius 2 is 1.64 bits per heavy atom. The Hall–Kier alpha value is -1.95. The summed E-state index contributed by atoms with van der Waals surface area (Å²) >= 11 is 0. The normalized spacial score (nSPS) is 20.7. The molecule has 0 spiro atoms. The summed E-state index contributed by atoms with van der Waals surface area (Å²) in [6, 6.07) is 12.7. The van der Waals surface area contributed by atoms with Gasteiger partial charge in [0.25, 0.3) is 0 Å². The largest absolute Gasteiger partial charge is 1.00 e. The minimum atomic E-state index is 0. The van der Waals surface area contributed by atoms with Gasteiger partial charge in [0.1, 0.15) is 11.8 Å². The van der Waals surface area contributed by atoms with E-state index in [-0.39, 0.29) is 25.1 Å². The summed E-state index contributed by atoms with van der Waals surface area (Å²) < 4.78 is 17.3. The van der Waals surface area contributed by atoms with Crippen molar-refractivity contribution in [2.75, 3.05) is 48.1 Å². The number of ether oxygens (including phenoxy) is 3.